The zero-order valence-electron chi connectivity index (χ0n) is 17.7. The predicted molar refractivity (Wildman–Crippen MR) is 121 cm³/mol. The topological polar surface area (TPSA) is 57.6 Å². The highest BCUT2D eigenvalue weighted by atomic mass is 32.2. The lowest BCUT2D eigenvalue weighted by Gasteiger charge is -2.32. The van der Waals surface area contributed by atoms with Gasteiger partial charge in [-0.2, -0.15) is 4.31 Å². The summed E-state index contributed by atoms with van der Waals surface area (Å²) < 4.78 is 28.5. The van der Waals surface area contributed by atoms with Gasteiger partial charge in [0.2, 0.25) is 10.0 Å². The molecule has 0 heterocycles. The van der Waals surface area contributed by atoms with Crippen molar-refractivity contribution in [2.24, 2.45) is 0 Å². The van der Waals surface area contributed by atoms with E-state index in [-0.39, 0.29) is 12.3 Å². The van der Waals surface area contributed by atoms with Crippen LogP contribution in [0, 0.1) is 13.8 Å². The summed E-state index contributed by atoms with van der Waals surface area (Å²) in [5.41, 5.74) is 4.41. The summed E-state index contributed by atoms with van der Waals surface area (Å²) in [5.74, 6) is -0.103. The molecule has 0 bridgehead atoms. The third-order valence-electron chi connectivity index (χ3n) is 5.22. The molecular weight excluding hydrogens is 394 g/mol. The van der Waals surface area contributed by atoms with Gasteiger partial charge in [-0.1, -0.05) is 90.0 Å². The largest absolute Gasteiger partial charge is 0.387 e. The average Bonchev–Trinajstić information content (AvgIpc) is 2.71. The third kappa shape index (κ3) is 5.57. The highest BCUT2D eigenvalue weighted by Gasteiger charge is 2.32. The first-order chi connectivity index (χ1) is 14.3. The van der Waals surface area contributed by atoms with Gasteiger partial charge in [-0.05, 0) is 37.5 Å². The SMILES string of the molecule is Cc1cc(C)cc(CS(=O)(=O)N(Cc2ccccc2)[C@H](C)[C@@H](O)c2ccccc2)c1. The number of aryl methyl sites for hydroxylation is 2. The zero-order valence-corrected chi connectivity index (χ0v) is 18.5. The Bertz CT molecular complexity index is 1050. The van der Waals surface area contributed by atoms with E-state index in [1.54, 1.807) is 6.92 Å². The molecule has 0 aromatic heterocycles. The van der Waals surface area contributed by atoms with Crippen LogP contribution in [-0.4, -0.2) is 23.9 Å². The van der Waals surface area contributed by atoms with Gasteiger partial charge in [-0.15, -0.1) is 0 Å². The third-order valence-corrected chi connectivity index (χ3v) is 7.10. The molecular formula is C25H29NO3S. The van der Waals surface area contributed by atoms with Crippen LogP contribution in [0.15, 0.2) is 78.9 Å². The van der Waals surface area contributed by atoms with Crippen LogP contribution in [0.2, 0.25) is 0 Å². The minimum absolute atomic E-state index is 0.103. The fourth-order valence-corrected chi connectivity index (χ4v) is 5.51. The maximum Gasteiger partial charge on any atom is 0.218 e. The molecule has 4 nitrogen and oxygen atoms in total. The van der Waals surface area contributed by atoms with Crippen LogP contribution in [0.5, 0.6) is 0 Å². The number of aliphatic hydroxyl groups is 1. The van der Waals surface area contributed by atoms with Crippen molar-refractivity contribution in [1.82, 2.24) is 4.31 Å². The lowest BCUT2D eigenvalue weighted by Crippen LogP contribution is -2.42. The first-order valence-electron chi connectivity index (χ1n) is 10.1. The molecule has 0 aliphatic rings. The highest BCUT2D eigenvalue weighted by Crippen LogP contribution is 2.27. The molecule has 158 valence electrons. The number of hydrogen-bond acceptors (Lipinski definition) is 3. The van der Waals surface area contributed by atoms with Crippen LogP contribution in [-0.2, 0) is 22.3 Å². The molecule has 0 fully saturated rings. The molecule has 5 heteroatoms. The zero-order chi connectivity index (χ0) is 21.7. The van der Waals surface area contributed by atoms with Gasteiger partial charge in [0.25, 0.3) is 0 Å². The second-order valence-electron chi connectivity index (χ2n) is 7.88. The van der Waals surface area contributed by atoms with Crippen molar-refractivity contribution >= 4 is 10.0 Å². The molecule has 0 saturated carbocycles. The first-order valence-corrected chi connectivity index (χ1v) is 11.7. The van der Waals surface area contributed by atoms with Crippen LogP contribution in [0.4, 0.5) is 0 Å². The molecule has 2 atom stereocenters. The molecule has 0 aliphatic heterocycles. The van der Waals surface area contributed by atoms with Crippen molar-refractivity contribution in [3.05, 3.63) is 107 Å². The van der Waals surface area contributed by atoms with E-state index in [4.69, 9.17) is 0 Å². The summed E-state index contributed by atoms with van der Waals surface area (Å²) in [6.45, 7) is 5.90. The van der Waals surface area contributed by atoms with Gasteiger partial charge in [0.05, 0.1) is 17.9 Å². The Morgan fingerprint density at radius 3 is 1.93 bits per heavy atom. The van der Waals surface area contributed by atoms with Gasteiger partial charge >= 0.3 is 0 Å². The summed E-state index contributed by atoms with van der Waals surface area (Å²) in [6, 6.07) is 23.9. The van der Waals surface area contributed by atoms with Crippen molar-refractivity contribution < 1.29 is 13.5 Å². The second kappa shape index (κ2) is 9.56. The van der Waals surface area contributed by atoms with Gasteiger partial charge in [-0.25, -0.2) is 8.42 Å². The molecule has 3 rings (SSSR count). The van der Waals surface area contributed by atoms with Gasteiger partial charge in [0, 0.05) is 6.54 Å². The lowest BCUT2D eigenvalue weighted by molar-refractivity contribution is 0.0959. The van der Waals surface area contributed by atoms with E-state index in [0.29, 0.717) is 5.56 Å². The molecule has 0 radical (unpaired) electrons. The predicted octanol–water partition coefficient (Wildman–Crippen LogP) is 4.76. The molecule has 0 unspecified atom stereocenters. The maximum absolute atomic E-state index is 13.5. The number of rotatable bonds is 8. The van der Waals surface area contributed by atoms with Gasteiger partial charge < -0.3 is 5.11 Å². The smallest absolute Gasteiger partial charge is 0.218 e. The Morgan fingerprint density at radius 1 is 0.833 bits per heavy atom. The van der Waals surface area contributed by atoms with Crippen LogP contribution in [0.3, 0.4) is 0 Å². The van der Waals surface area contributed by atoms with Gasteiger partial charge in [-0.3, -0.25) is 0 Å². The minimum atomic E-state index is -3.69. The summed E-state index contributed by atoms with van der Waals surface area (Å²) in [5, 5.41) is 10.9. The summed E-state index contributed by atoms with van der Waals surface area (Å²) >= 11 is 0. The average molecular weight is 424 g/mol. The molecule has 30 heavy (non-hydrogen) atoms. The van der Waals surface area contributed by atoms with Gasteiger partial charge in [0.15, 0.2) is 0 Å². The Morgan fingerprint density at radius 2 is 1.37 bits per heavy atom. The van der Waals surface area contributed by atoms with Crippen molar-refractivity contribution in [1.29, 1.82) is 0 Å². The van der Waals surface area contributed by atoms with E-state index in [1.165, 1.54) is 4.31 Å². The monoisotopic (exact) mass is 423 g/mol. The molecule has 3 aromatic carbocycles. The fraction of sp³-hybridized carbons (Fsp3) is 0.280. The molecule has 0 spiro atoms. The Balaban J connectivity index is 1.95. The number of hydrogen-bond donors (Lipinski definition) is 1. The Kier molecular flexibility index (Phi) is 7.08. The van der Waals surface area contributed by atoms with Crippen LogP contribution in [0.1, 0.15) is 40.8 Å². The minimum Gasteiger partial charge on any atom is -0.387 e. The van der Waals surface area contributed by atoms with E-state index < -0.39 is 22.2 Å². The molecule has 0 saturated heterocycles. The van der Waals surface area contributed by atoms with Crippen LogP contribution < -0.4 is 0 Å². The number of nitrogens with zero attached hydrogens (tertiary/aromatic N) is 1. The van der Waals surface area contributed by atoms with Crippen molar-refractivity contribution in [2.75, 3.05) is 0 Å². The van der Waals surface area contributed by atoms with Crippen molar-refractivity contribution in [3.63, 3.8) is 0 Å². The number of sulfonamides is 1. The van der Waals surface area contributed by atoms with E-state index in [2.05, 4.69) is 0 Å². The van der Waals surface area contributed by atoms with E-state index >= 15 is 0 Å². The van der Waals surface area contributed by atoms with E-state index in [9.17, 15) is 13.5 Å². The van der Waals surface area contributed by atoms with Crippen molar-refractivity contribution in [3.8, 4) is 0 Å². The highest BCUT2D eigenvalue weighted by molar-refractivity contribution is 7.88. The molecule has 0 aliphatic carbocycles. The molecule has 3 aromatic rings. The van der Waals surface area contributed by atoms with E-state index in [1.807, 2.05) is 92.7 Å². The second-order valence-corrected chi connectivity index (χ2v) is 9.80. The Hall–Kier alpha value is -2.47. The fourth-order valence-electron chi connectivity index (χ4n) is 3.79. The van der Waals surface area contributed by atoms with Gasteiger partial charge in [0.1, 0.15) is 0 Å². The molecule has 0 amide bonds. The summed E-state index contributed by atoms with van der Waals surface area (Å²) in [4.78, 5) is 0. The summed E-state index contributed by atoms with van der Waals surface area (Å²) in [7, 11) is -3.69. The first kappa shape index (κ1) is 22.2. The lowest BCUT2D eigenvalue weighted by atomic mass is 10.0. The number of benzene rings is 3. The normalized spacial score (nSPS) is 13.9. The quantitative estimate of drug-likeness (QED) is 0.568. The van der Waals surface area contributed by atoms with Crippen LogP contribution in [0.25, 0.3) is 0 Å². The van der Waals surface area contributed by atoms with E-state index in [0.717, 1.165) is 22.3 Å². The molecule has 1 N–H and O–H groups in total. The van der Waals surface area contributed by atoms with Crippen LogP contribution >= 0.6 is 0 Å². The standard InChI is InChI=1S/C25H29NO3S/c1-19-14-20(2)16-23(15-19)18-30(28,29)26(17-22-10-6-4-7-11-22)21(3)25(27)24-12-8-5-9-13-24/h4-16,21,25,27H,17-18H2,1-3H3/t21-,25-/m1/s1. The Labute approximate surface area is 179 Å². The maximum atomic E-state index is 13.5. The number of aliphatic hydroxyl groups excluding tert-OH is 1. The van der Waals surface area contributed by atoms with Crippen molar-refractivity contribution in [2.45, 2.75) is 45.2 Å². The summed E-state index contributed by atoms with van der Waals surface area (Å²) in [6.07, 6.45) is -0.927.